The van der Waals surface area contributed by atoms with E-state index >= 15 is 0 Å². The monoisotopic (exact) mass is 169 g/mol. The highest BCUT2D eigenvalue weighted by Gasteiger charge is 1.99. The van der Waals surface area contributed by atoms with E-state index < -0.39 is 11.5 Å². The Hall–Kier alpha value is -1.58. The number of aromatic nitrogens is 1. The molecule has 1 aromatic rings. The van der Waals surface area contributed by atoms with Crippen molar-refractivity contribution in [3.8, 4) is 0 Å². The molecule has 0 saturated heterocycles. The summed E-state index contributed by atoms with van der Waals surface area (Å²) >= 11 is 0. The minimum atomic E-state index is -1.13. The molecule has 1 rings (SSSR count). The smallest absolute Gasteiger partial charge is 0.352 e. The van der Waals surface area contributed by atoms with Gasteiger partial charge in [-0.1, -0.05) is 19.9 Å². The molecule has 2 N–H and O–H groups in total. The molecular formula is C8H11NO3. The first-order valence-electron chi connectivity index (χ1n) is 3.63. The number of aromatic amines is 1. The van der Waals surface area contributed by atoms with Crippen molar-refractivity contribution in [2.45, 2.75) is 13.8 Å². The Labute approximate surface area is 69.9 Å². The summed E-state index contributed by atoms with van der Waals surface area (Å²) in [5.74, 6) is -1.13. The van der Waals surface area contributed by atoms with E-state index in [1.54, 1.807) is 0 Å². The van der Waals surface area contributed by atoms with Gasteiger partial charge in [-0.3, -0.25) is 4.79 Å². The van der Waals surface area contributed by atoms with E-state index in [-0.39, 0.29) is 5.69 Å². The van der Waals surface area contributed by atoms with Gasteiger partial charge in [0.05, 0.1) is 0 Å². The Kier molecular flexibility index (Phi) is 4.45. The maximum absolute atomic E-state index is 10.5. The first-order valence-corrected chi connectivity index (χ1v) is 3.63. The molecular weight excluding hydrogens is 158 g/mol. The molecule has 4 heteroatoms. The van der Waals surface area contributed by atoms with Crippen LogP contribution in [0.1, 0.15) is 24.3 Å². The number of aromatic carboxylic acids is 1. The zero-order valence-electron chi connectivity index (χ0n) is 7.00. The number of hydrogen-bond donors (Lipinski definition) is 2. The van der Waals surface area contributed by atoms with E-state index in [0.29, 0.717) is 0 Å². The van der Waals surface area contributed by atoms with E-state index in [4.69, 9.17) is 5.11 Å². The van der Waals surface area contributed by atoms with Gasteiger partial charge in [-0.25, -0.2) is 4.79 Å². The Bertz CT molecular complexity index is 303. The lowest BCUT2D eigenvalue weighted by Gasteiger charge is -1.89. The van der Waals surface area contributed by atoms with Crippen molar-refractivity contribution in [1.29, 1.82) is 0 Å². The van der Waals surface area contributed by atoms with E-state index in [1.807, 2.05) is 13.8 Å². The Morgan fingerprint density at radius 3 is 2.33 bits per heavy atom. The van der Waals surface area contributed by atoms with E-state index in [0.717, 1.165) is 0 Å². The summed E-state index contributed by atoms with van der Waals surface area (Å²) in [6.45, 7) is 4.00. The highest BCUT2D eigenvalue weighted by molar-refractivity contribution is 5.85. The van der Waals surface area contributed by atoms with E-state index in [9.17, 15) is 9.59 Å². The van der Waals surface area contributed by atoms with Gasteiger partial charge in [-0.05, 0) is 6.07 Å². The van der Waals surface area contributed by atoms with Crippen molar-refractivity contribution in [2.24, 2.45) is 0 Å². The Morgan fingerprint density at radius 2 is 2.00 bits per heavy atom. The molecule has 1 aromatic heterocycles. The normalized spacial score (nSPS) is 8.17. The minimum Gasteiger partial charge on any atom is -0.477 e. The summed E-state index contributed by atoms with van der Waals surface area (Å²) in [7, 11) is 0. The lowest BCUT2D eigenvalue weighted by molar-refractivity contribution is 0.0690. The van der Waals surface area contributed by atoms with Crippen LogP contribution in [0.4, 0.5) is 0 Å². The van der Waals surface area contributed by atoms with Gasteiger partial charge in [0.15, 0.2) is 0 Å². The second kappa shape index (κ2) is 5.12. The second-order valence-electron chi connectivity index (χ2n) is 1.73. The predicted octanol–water partition coefficient (Wildman–Crippen LogP) is 1.10. The predicted molar refractivity (Wildman–Crippen MR) is 45.4 cm³/mol. The lowest BCUT2D eigenvalue weighted by Crippen LogP contribution is -2.10. The molecule has 66 valence electrons. The van der Waals surface area contributed by atoms with Crippen LogP contribution in [-0.4, -0.2) is 16.1 Å². The maximum Gasteiger partial charge on any atom is 0.352 e. The maximum atomic E-state index is 10.5. The van der Waals surface area contributed by atoms with Crippen molar-refractivity contribution in [3.63, 3.8) is 0 Å². The van der Waals surface area contributed by atoms with Crippen LogP contribution in [0.5, 0.6) is 0 Å². The molecule has 0 fully saturated rings. The molecule has 0 bridgehead atoms. The third-order valence-electron chi connectivity index (χ3n) is 0.999. The number of carboxylic acid groups (broad SMARTS) is 1. The van der Waals surface area contributed by atoms with Gasteiger partial charge in [0, 0.05) is 6.07 Å². The van der Waals surface area contributed by atoms with Crippen LogP contribution in [0, 0.1) is 0 Å². The zero-order valence-corrected chi connectivity index (χ0v) is 7.00. The third-order valence-corrected chi connectivity index (χ3v) is 0.999. The number of hydrogen-bond acceptors (Lipinski definition) is 2. The number of carbonyl (C=O) groups is 1. The molecule has 12 heavy (non-hydrogen) atoms. The summed E-state index contributed by atoms with van der Waals surface area (Å²) in [5, 5.41) is 8.34. The first kappa shape index (κ1) is 10.4. The molecule has 0 unspecified atom stereocenters. The number of rotatable bonds is 1. The molecule has 0 aromatic carbocycles. The molecule has 1 heterocycles. The highest BCUT2D eigenvalue weighted by atomic mass is 16.4. The average molecular weight is 169 g/mol. The van der Waals surface area contributed by atoms with Gasteiger partial charge in [-0.2, -0.15) is 0 Å². The average Bonchev–Trinajstić information content (AvgIpc) is 2.08. The van der Waals surface area contributed by atoms with Gasteiger partial charge in [-0.15, -0.1) is 0 Å². The number of carboxylic acids is 1. The molecule has 0 atom stereocenters. The minimum absolute atomic E-state index is 0.0903. The van der Waals surface area contributed by atoms with Crippen molar-refractivity contribution in [2.75, 3.05) is 0 Å². The fourth-order valence-electron chi connectivity index (χ4n) is 0.573. The summed E-state index contributed by atoms with van der Waals surface area (Å²) < 4.78 is 0. The van der Waals surface area contributed by atoms with Gasteiger partial charge < -0.3 is 10.1 Å². The fourth-order valence-corrected chi connectivity index (χ4v) is 0.573. The molecule has 0 amide bonds. The Morgan fingerprint density at radius 1 is 1.42 bits per heavy atom. The number of nitrogens with one attached hydrogen (secondary N) is 1. The van der Waals surface area contributed by atoms with Crippen molar-refractivity contribution in [3.05, 3.63) is 34.2 Å². The van der Waals surface area contributed by atoms with Crippen molar-refractivity contribution < 1.29 is 9.90 Å². The standard InChI is InChI=1S/C6H5NO3.C2H6/c8-5-3-1-2-4(7-5)6(9)10;1-2/h1-3H,(H,7,8)(H,9,10);1-2H3. The summed E-state index contributed by atoms with van der Waals surface area (Å²) in [6, 6.07) is 3.97. The largest absolute Gasteiger partial charge is 0.477 e. The zero-order chi connectivity index (χ0) is 9.56. The van der Waals surface area contributed by atoms with Crippen LogP contribution in [0.2, 0.25) is 0 Å². The molecule has 0 aliphatic carbocycles. The molecule has 4 nitrogen and oxygen atoms in total. The third kappa shape index (κ3) is 3.01. The first-order chi connectivity index (χ1) is 5.70. The van der Waals surface area contributed by atoms with E-state index in [1.165, 1.54) is 18.2 Å². The van der Waals surface area contributed by atoms with Crippen LogP contribution in [0.15, 0.2) is 23.0 Å². The van der Waals surface area contributed by atoms with Gasteiger partial charge >= 0.3 is 5.97 Å². The second-order valence-corrected chi connectivity index (χ2v) is 1.73. The van der Waals surface area contributed by atoms with Crippen molar-refractivity contribution in [1.82, 2.24) is 4.98 Å². The molecule has 0 aliphatic heterocycles. The number of H-pyrrole nitrogens is 1. The van der Waals surface area contributed by atoms with Crippen LogP contribution in [-0.2, 0) is 0 Å². The topological polar surface area (TPSA) is 70.2 Å². The number of pyridine rings is 1. The van der Waals surface area contributed by atoms with Crippen LogP contribution < -0.4 is 5.56 Å². The Balaban J connectivity index is 0.000000561. The summed E-state index contributed by atoms with van der Waals surface area (Å²) in [6.07, 6.45) is 0. The highest BCUT2D eigenvalue weighted by Crippen LogP contribution is 1.87. The van der Waals surface area contributed by atoms with Gasteiger partial charge in [0.25, 0.3) is 0 Å². The van der Waals surface area contributed by atoms with Crippen molar-refractivity contribution >= 4 is 5.97 Å². The molecule has 0 spiro atoms. The van der Waals surface area contributed by atoms with Gasteiger partial charge in [0.1, 0.15) is 5.69 Å². The fraction of sp³-hybridized carbons (Fsp3) is 0.250. The van der Waals surface area contributed by atoms with Gasteiger partial charge in [0.2, 0.25) is 5.56 Å². The molecule has 0 saturated carbocycles. The van der Waals surface area contributed by atoms with E-state index in [2.05, 4.69) is 4.98 Å². The molecule has 0 radical (unpaired) electrons. The molecule has 0 aliphatic rings. The quantitative estimate of drug-likeness (QED) is 0.661. The van der Waals surface area contributed by atoms with Crippen LogP contribution in [0.25, 0.3) is 0 Å². The lowest BCUT2D eigenvalue weighted by atomic mass is 10.4. The summed E-state index contributed by atoms with van der Waals surface area (Å²) in [5.41, 5.74) is -0.493. The van der Waals surface area contributed by atoms with Crippen LogP contribution >= 0.6 is 0 Å². The summed E-state index contributed by atoms with van der Waals surface area (Å²) in [4.78, 5) is 22.8. The SMILES string of the molecule is CC.O=C(O)c1cccc(=O)[nH]1. The van der Waals surface area contributed by atoms with Crippen LogP contribution in [0.3, 0.4) is 0 Å².